The summed E-state index contributed by atoms with van der Waals surface area (Å²) >= 11 is 1.42. The summed E-state index contributed by atoms with van der Waals surface area (Å²) in [4.78, 5) is 0. The minimum absolute atomic E-state index is 0. The molecule has 1 heterocycles. The minimum Gasteiger partial charge on any atom is -0.147 e. The molecule has 4 rings (SSSR count). The highest BCUT2D eigenvalue weighted by molar-refractivity contribution is 7.95. The Labute approximate surface area is 164 Å². The second kappa shape index (κ2) is 8.55. The highest BCUT2D eigenvalue weighted by Crippen LogP contribution is 2.57. The molecule has 130 valence electrons. The van der Waals surface area contributed by atoms with Crippen LogP contribution in [0.3, 0.4) is 0 Å². The van der Waals surface area contributed by atoms with Crippen molar-refractivity contribution in [3.63, 3.8) is 0 Å². The summed E-state index contributed by atoms with van der Waals surface area (Å²) in [5.41, 5.74) is 1.06. The zero-order valence-corrected chi connectivity index (χ0v) is 16.6. The van der Waals surface area contributed by atoms with Gasteiger partial charge in [-0.05, 0) is 47.9 Å². The number of halogens is 1. The van der Waals surface area contributed by atoms with Crippen LogP contribution >= 0.6 is 31.2 Å². The monoisotopic (exact) mass is 397 g/mol. The van der Waals surface area contributed by atoms with Crippen molar-refractivity contribution in [1.82, 2.24) is 9.59 Å². The predicted octanol–water partition coefficient (Wildman–Crippen LogP) is 4.45. The summed E-state index contributed by atoms with van der Waals surface area (Å²) in [5.74, 6) is 0. The van der Waals surface area contributed by atoms with Crippen LogP contribution in [0.15, 0.2) is 96.4 Å². The molecule has 0 N–H and O–H groups in total. The van der Waals surface area contributed by atoms with Crippen molar-refractivity contribution >= 4 is 47.1 Å². The third kappa shape index (κ3) is 3.57. The first-order chi connectivity index (χ1) is 12.4. The molecule has 2 nitrogen and oxygen atoms in total. The lowest BCUT2D eigenvalue weighted by atomic mass is 10.4. The molecule has 0 bridgehead atoms. The summed E-state index contributed by atoms with van der Waals surface area (Å²) in [7, 11) is -1.84. The smallest absolute Gasteiger partial charge is 0.118 e. The Morgan fingerprint density at radius 1 is 0.654 bits per heavy atom. The lowest BCUT2D eigenvalue weighted by molar-refractivity contribution is 1.07. The third-order valence-corrected chi connectivity index (χ3v) is 9.29. The van der Waals surface area contributed by atoms with Crippen molar-refractivity contribution in [1.29, 1.82) is 0 Å². The molecule has 1 aromatic heterocycles. The van der Waals surface area contributed by atoms with E-state index in [9.17, 15) is 0 Å². The topological polar surface area (TPSA) is 25.8 Å². The van der Waals surface area contributed by atoms with Crippen LogP contribution in [0.2, 0.25) is 0 Å². The first kappa shape index (κ1) is 18.7. The van der Waals surface area contributed by atoms with Gasteiger partial charge in [-0.3, -0.25) is 0 Å². The Kier molecular flexibility index (Phi) is 6.16. The molecule has 0 unspecified atom stereocenters. The van der Waals surface area contributed by atoms with Crippen LogP contribution in [0.25, 0.3) is 0 Å². The van der Waals surface area contributed by atoms with E-state index in [1.54, 1.807) is 0 Å². The van der Waals surface area contributed by atoms with E-state index in [4.69, 9.17) is 0 Å². The fourth-order valence-electron chi connectivity index (χ4n) is 3.26. The largest absolute Gasteiger partial charge is 0.147 e. The molecule has 0 spiro atoms. The van der Waals surface area contributed by atoms with E-state index in [2.05, 4.69) is 106 Å². The molecule has 0 aliphatic heterocycles. The lowest BCUT2D eigenvalue weighted by Gasteiger charge is -2.26. The Bertz CT molecular complexity index is 820. The highest BCUT2D eigenvalue weighted by Gasteiger charge is 2.45. The average Bonchev–Trinajstić information content (AvgIpc) is 3.21. The molecule has 4 aromatic rings. The summed E-state index contributed by atoms with van der Waals surface area (Å²) in [6.45, 7) is 0. The van der Waals surface area contributed by atoms with Gasteiger partial charge in [0.2, 0.25) is 0 Å². The summed E-state index contributed by atoms with van der Waals surface area (Å²) in [6.07, 6.45) is 0.890. The summed E-state index contributed by atoms with van der Waals surface area (Å²) in [6, 6.07) is 32.6. The lowest BCUT2D eigenvalue weighted by Crippen LogP contribution is -2.32. The molecular formula is C21H19ClN2PS+. The van der Waals surface area contributed by atoms with E-state index in [0.29, 0.717) is 0 Å². The van der Waals surface area contributed by atoms with Gasteiger partial charge in [0.05, 0.1) is 0 Å². The summed E-state index contributed by atoms with van der Waals surface area (Å²) < 4.78 is 4.10. The van der Waals surface area contributed by atoms with Gasteiger partial charge in [-0.15, -0.1) is 17.5 Å². The maximum Gasteiger partial charge on any atom is 0.118 e. The van der Waals surface area contributed by atoms with Crippen LogP contribution in [0.5, 0.6) is 0 Å². The molecule has 0 amide bonds. The van der Waals surface area contributed by atoms with Crippen molar-refractivity contribution in [2.75, 3.05) is 0 Å². The average molecular weight is 398 g/mol. The standard InChI is InChI=1S/C21H18N2PS.ClH/c1-4-10-19(11-5-1)24(16-18-17-25-23-22-18,20-12-6-2-7-13-20)21-14-8-3-9-15-21;/h1-15,17H,16H2;1H/q+1;. The Morgan fingerprint density at radius 3 is 1.42 bits per heavy atom. The van der Waals surface area contributed by atoms with Crippen LogP contribution < -0.4 is 15.9 Å². The molecular weight excluding hydrogens is 379 g/mol. The van der Waals surface area contributed by atoms with E-state index >= 15 is 0 Å². The van der Waals surface area contributed by atoms with Crippen molar-refractivity contribution in [2.24, 2.45) is 0 Å². The number of rotatable bonds is 5. The molecule has 0 saturated carbocycles. The van der Waals surface area contributed by atoms with Gasteiger partial charge in [-0.1, -0.05) is 59.1 Å². The van der Waals surface area contributed by atoms with E-state index < -0.39 is 7.26 Å². The first-order valence-corrected chi connectivity index (χ1v) is 11.0. The van der Waals surface area contributed by atoms with Gasteiger partial charge < -0.3 is 0 Å². The molecule has 0 saturated heterocycles. The maximum atomic E-state index is 4.37. The second-order valence-electron chi connectivity index (χ2n) is 5.87. The molecule has 0 fully saturated rings. The van der Waals surface area contributed by atoms with Gasteiger partial charge in [0.15, 0.2) is 0 Å². The van der Waals surface area contributed by atoms with Crippen LogP contribution in [-0.4, -0.2) is 9.59 Å². The zero-order valence-electron chi connectivity index (χ0n) is 14.1. The van der Waals surface area contributed by atoms with Gasteiger partial charge in [-0.25, -0.2) is 0 Å². The molecule has 0 aliphatic rings. The number of hydrogen-bond acceptors (Lipinski definition) is 3. The number of hydrogen-bond donors (Lipinski definition) is 0. The van der Waals surface area contributed by atoms with Crippen LogP contribution in [0.4, 0.5) is 0 Å². The first-order valence-electron chi connectivity index (χ1n) is 8.20. The van der Waals surface area contributed by atoms with Crippen LogP contribution in [0, 0.1) is 0 Å². The van der Waals surface area contributed by atoms with Gasteiger partial charge >= 0.3 is 0 Å². The van der Waals surface area contributed by atoms with E-state index in [0.717, 1.165) is 11.9 Å². The Morgan fingerprint density at radius 2 is 1.08 bits per heavy atom. The highest BCUT2D eigenvalue weighted by atomic mass is 35.5. The molecule has 26 heavy (non-hydrogen) atoms. The molecule has 0 aliphatic carbocycles. The van der Waals surface area contributed by atoms with Crippen molar-refractivity contribution in [3.8, 4) is 0 Å². The SMILES string of the molecule is Cl.c1ccc([P+](Cc2csnn2)(c2ccccc2)c2ccccc2)cc1. The zero-order chi connectivity index (χ0) is 17.0. The van der Waals surface area contributed by atoms with Gasteiger partial charge in [0.1, 0.15) is 35.0 Å². The quantitative estimate of drug-likeness (QED) is 0.465. The third-order valence-electron chi connectivity index (χ3n) is 4.40. The molecule has 0 atom stereocenters. The Hall–Kier alpha value is -2.06. The van der Waals surface area contributed by atoms with Gasteiger partial charge in [0, 0.05) is 5.38 Å². The Balaban J connectivity index is 0.00000196. The van der Waals surface area contributed by atoms with Crippen molar-refractivity contribution < 1.29 is 0 Å². The number of nitrogens with zero attached hydrogens (tertiary/aromatic N) is 2. The van der Waals surface area contributed by atoms with Gasteiger partial charge in [-0.2, -0.15) is 0 Å². The number of benzene rings is 3. The fraction of sp³-hybridized carbons (Fsp3) is 0.0476. The van der Waals surface area contributed by atoms with Crippen LogP contribution in [0.1, 0.15) is 5.69 Å². The fourth-order valence-corrected chi connectivity index (χ4v) is 7.97. The molecule has 3 aromatic carbocycles. The molecule has 5 heteroatoms. The number of aromatic nitrogens is 2. The maximum absolute atomic E-state index is 4.37. The minimum atomic E-state index is -1.84. The predicted molar refractivity (Wildman–Crippen MR) is 116 cm³/mol. The summed E-state index contributed by atoms with van der Waals surface area (Å²) in [5, 5.41) is 10.6. The molecule has 0 radical (unpaired) electrons. The van der Waals surface area contributed by atoms with E-state index in [-0.39, 0.29) is 12.4 Å². The van der Waals surface area contributed by atoms with Gasteiger partial charge in [0.25, 0.3) is 0 Å². The normalized spacial score (nSPS) is 10.9. The van der Waals surface area contributed by atoms with E-state index in [1.165, 1.54) is 27.4 Å². The van der Waals surface area contributed by atoms with Crippen molar-refractivity contribution in [2.45, 2.75) is 6.16 Å². The second-order valence-corrected chi connectivity index (χ2v) is 9.97. The van der Waals surface area contributed by atoms with Crippen molar-refractivity contribution in [3.05, 3.63) is 102 Å². The van der Waals surface area contributed by atoms with Crippen LogP contribution in [-0.2, 0) is 6.16 Å². The van der Waals surface area contributed by atoms with E-state index in [1.807, 2.05) is 0 Å².